The van der Waals surface area contributed by atoms with Crippen LogP contribution in [0.2, 0.25) is 0 Å². The number of ether oxygens (including phenoxy) is 1. The Morgan fingerprint density at radius 2 is 1.70 bits per heavy atom. The van der Waals surface area contributed by atoms with E-state index in [2.05, 4.69) is 55.6 Å². The molecule has 3 N–H and O–H groups in total. The molecule has 11 nitrogen and oxygen atoms in total. The second-order valence-corrected chi connectivity index (χ2v) is 12.9. The van der Waals surface area contributed by atoms with Gasteiger partial charge in [-0.25, -0.2) is 0 Å². The molecule has 44 heavy (non-hydrogen) atoms. The molecule has 2 aliphatic rings. The number of benzene rings is 2. The van der Waals surface area contributed by atoms with Crippen molar-refractivity contribution in [1.29, 1.82) is 0 Å². The number of aromatic amines is 1. The fourth-order valence-corrected chi connectivity index (χ4v) is 7.22. The van der Waals surface area contributed by atoms with Crippen LogP contribution in [-0.2, 0) is 9.05 Å². The number of rotatable bonds is 11. The number of hydrogen-bond donors (Lipinski definition) is 3. The van der Waals surface area contributed by atoms with Crippen LogP contribution in [0.25, 0.3) is 11.0 Å². The number of nitrogens with zero attached hydrogens (tertiary/aromatic N) is 5. The first kappa shape index (κ1) is 30.6. The summed E-state index contributed by atoms with van der Waals surface area (Å²) in [6.07, 6.45) is 4.22. The molecule has 0 aliphatic carbocycles. The zero-order valence-electron chi connectivity index (χ0n) is 26.0. The van der Waals surface area contributed by atoms with Crippen molar-refractivity contribution in [2.24, 2.45) is 0 Å². The summed E-state index contributed by atoms with van der Waals surface area (Å²) in [5.41, 5.74) is 3.60. The molecule has 4 aromatic rings. The van der Waals surface area contributed by atoms with E-state index in [1.165, 1.54) is 25.9 Å². The van der Waals surface area contributed by atoms with Gasteiger partial charge >= 0.3 is 0 Å². The van der Waals surface area contributed by atoms with Crippen molar-refractivity contribution in [3.8, 4) is 5.75 Å². The number of H-pyrrole nitrogens is 1. The van der Waals surface area contributed by atoms with Crippen LogP contribution in [0.3, 0.4) is 0 Å². The van der Waals surface area contributed by atoms with E-state index in [0.29, 0.717) is 24.4 Å². The van der Waals surface area contributed by atoms with Crippen LogP contribution in [0.1, 0.15) is 19.8 Å². The first-order valence-corrected chi connectivity index (χ1v) is 16.5. The number of anilines is 5. The largest absolute Gasteiger partial charge is 0.492 e. The van der Waals surface area contributed by atoms with Crippen molar-refractivity contribution in [3.63, 3.8) is 0 Å². The number of likely N-dealkylation sites (N-methyl/N-ethyl adjacent to an activating group) is 1. The molecule has 2 aromatic heterocycles. The van der Waals surface area contributed by atoms with Gasteiger partial charge in [-0.05, 0) is 57.1 Å². The van der Waals surface area contributed by atoms with E-state index >= 15 is 0 Å². The lowest BCUT2D eigenvalue weighted by molar-refractivity contribution is 0.0981. The highest BCUT2D eigenvalue weighted by molar-refractivity contribution is 7.56. The standard InChI is InChI=1S/C32H43N8O3P/c1-5-43-28-22-23(10-11-27(28)40-16-13-24(14-17-40)39-20-18-38(2)19-21-39)34-32-36-30-25(12-15-33-30)31(37-32)35-26-8-6-7-9-29(26)44(41-3)42-4/h6-12,15,22,24H,5,13-14,16-21H2,1-4H3,(H3,33,34,35,36,37). The van der Waals surface area contributed by atoms with Crippen LogP contribution in [0.15, 0.2) is 54.7 Å². The third-order valence-electron chi connectivity index (χ3n) is 8.48. The number of para-hydroxylation sites is 1. The highest BCUT2D eigenvalue weighted by atomic mass is 31.2. The monoisotopic (exact) mass is 618 g/mol. The van der Waals surface area contributed by atoms with Crippen molar-refractivity contribution >= 4 is 53.5 Å². The second kappa shape index (κ2) is 14.1. The Labute approximate surface area is 260 Å². The maximum absolute atomic E-state index is 6.16. The molecule has 12 heteroatoms. The normalized spacial score (nSPS) is 17.0. The van der Waals surface area contributed by atoms with Crippen LogP contribution in [0, 0.1) is 0 Å². The Kier molecular flexibility index (Phi) is 9.79. The van der Waals surface area contributed by atoms with Crippen molar-refractivity contribution < 1.29 is 13.8 Å². The number of piperazine rings is 1. The van der Waals surface area contributed by atoms with E-state index in [1.807, 2.05) is 43.5 Å². The molecule has 0 bridgehead atoms. The third-order valence-corrected chi connectivity index (χ3v) is 9.92. The second-order valence-electron chi connectivity index (χ2n) is 11.2. The Morgan fingerprint density at radius 3 is 2.45 bits per heavy atom. The summed E-state index contributed by atoms with van der Waals surface area (Å²) in [6.45, 7) is 9.36. The summed E-state index contributed by atoms with van der Waals surface area (Å²) in [5.74, 6) is 2.03. The van der Waals surface area contributed by atoms with Gasteiger partial charge in [0, 0.05) is 77.5 Å². The molecule has 2 fully saturated rings. The number of aromatic nitrogens is 3. The molecule has 2 aromatic carbocycles. The van der Waals surface area contributed by atoms with E-state index in [-0.39, 0.29) is 0 Å². The van der Waals surface area contributed by atoms with Crippen molar-refractivity contribution in [3.05, 3.63) is 54.7 Å². The first-order valence-electron chi connectivity index (χ1n) is 15.4. The average Bonchev–Trinajstić information content (AvgIpc) is 3.53. The van der Waals surface area contributed by atoms with Crippen LogP contribution in [0.4, 0.5) is 28.8 Å². The van der Waals surface area contributed by atoms with Crippen LogP contribution in [0.5, 0.6) is 5.75 Å². The summed E-state index contributed by atoms with van der Waals surface area (Å²) < 4.78 is 17.3. The number of piperidine rings is 1. The summed E-state index contributed by atoms with van der Waals surface area (Å²) in [6, 6.07) is 16.9. The summed E-state index contributed by atoms with van der Waals surface area (Å²) >= 11 is 0. The fourth-order valence-electron chi connectivity index (χ4n) is 6.14. The smallest absolute Gasteiger partial charge is 0.231 e. The molecule has 2 aliphatic heterocycles. The molecule has 0 saturated carbocycles. The molecular weight excluding hydrogens is 575 g/mol. The summed E-state index contributed by atoms with van der Waals surface area (Å²) in [4.78, 5) is 20.4. The predicted molar refractivity (Wildman–Crippen MR) is 179 cm³/mol. The lowest BCUT2D eigenvalue weighted by Crippen LogP contribution is -2.52. The zero-order chi connectivity index (χ0) is 30.5. The van der Waals surface area contributed by atoms with Gasteiger partial charge in [0.15, 0.2) is 0 Å². The topological polar surface area (TPSA) is 103 Å². The van der Waals surface area contributed by atoms with E-state index in [1.54, 1.807) is 14.2 Å². The third kappa shape index (κ3) is 6.77. The van der Waals surface area contributed by atoms with Crippen molar-refractivity contribution in [2.45, 2.75) is 25.8 Å². The lowest BCUT2D eigenvalue weighted by Gasteiger charge is -2.42. The molecule has 0 atom stereocenters. The molecule has 4 heterocycles. The molecular formula is C32H43N8O3P. The molecule has 0 spiro atoms. The van der Waals surface area contributed by atoms with Gasteiger partial charge in [0.1, 0.15) is 17.2 Å². The summed E-state index contributed by atoms with van der Waals surface area (Å²) in [7, 11) is 4.30. The van der Waals surface area contributed by atoms with Gasteiger partial charge in [0.2, 0.25) is 14.3 Å². The van der Waals surface area contributed by atoms with Gasteiger partial charge in [-0.2, -0.15) is 9.97 Å². The van der Waals surface area contributed by atoms with Gasteiger partial charge in [-0.15, -0.1) is 0 Å². The van der Waals surface area contributed by atoms with Crippen LogP contribution >= 0.6 is 8.38 Å². The van der Waals surface area contributed by atoms with E-state index in [9.17, 15) is 0 Å². The minimum atomic E-state index is -1.22. The molecule has 2 saturated heterocycles. The Hall–Kier alpha value is -3.47. The first-order chi connectivity index (χ1) is 21.6. The molecule has 0 amide bonds. The highest BCUT2D eigenvalue weighted by Crippen LogP contribution is 2.39. The van der Waals surface area contributed by atoms with Gasteiger partial charge in [0.05, 0.1) is 28.7 Å². The fraction of sp³-hybridized carbons (Fsp3) is 0.438. The van der Waals surface area contributed by atoms with E-state index in [0.717, 1.165) is 65.3 Å². The predicted octanol–water partition coefficient (Wildman–Crippen LogP) is 5.29. The maximum atomic E-state index is 6.16. The summed E-state index contributed by atoms with van der Waals surface area (Å²) in [5, 5.41) is 8.74. The average molecular weight is 619 g/mol. The maximum Gasteiger partial charge on any atom is 0.231 e. The Morgan fingerprint density at radius 1 is 0.932 bits per heavy atom. The Bertz CT molecular complexity index is 1530. The van der Waals surface area contributed by atoms with E-state index < -0.39 is 8.38 Å². The van der Waals surface area contributed by atoms with Crippen molar-refractivity contribution in [1.82, 2.24) is 24.8 Å². The minimum absolute atomic E-state index is 0.476. The molecule has 6 rings (SSSR count). The molecule has 0 unspecified atom stereocenters. The van der Waals surface area contributed by atoms with Crippen LogP contribution in [-0.4, -0.2) is 97.9 Å². The molecule has 0 radical (unpaired) electrons. The SMILES string of the molecule is CCOc1cc(Nc2nc(Nc3ccccc3P(OC)OC)c3cc[nH]c3n2)ccc1N1CCC(N2CCN(C)CC2)CC1. The van der Waals surface area contributed by atoms with Crippen LogP contribution < -0.4 is 25.6 Å². The number of hydrogen-bond acceptors (Lipinski definition) is 10. The minimum Gasteiger partial charge on any atom is -0.492 e. The molecule has 234 valence electrons. The van der Waals surface area contributed by atoms with Gasteiger partial charge in [-0.3, -0.25) is 4.90 Å². The zero-order valence-corrected chi connectivity index (χ0v) is 26.9. The van der Waals surface area contributed by atoms with Gasteiger partial charge in [-0.1, -0.05) is 12.1 Å². The lowest BCUT2D eigenvalue weighted by atomic mass is 10.0. The highest BCUT2D eigenvalue weighted by Gasteiger charge is 2.28. The van der Waals surface area contributed by atoms with Crippen molar-refractivity contribution in [2.75, 3.05) is 82.7 Å². The Balaban J connectivity index is 1.20. The van der Waals surface area contributed by atoms with Gasteiger partial charge in [0.25, 0.3) is 0 Å². The van der Waals surface area contributed by atoms with Gasteiger partial charge < -0.3 is 39.2 Å². The van der Waals surface area contributed by atoms with E-state index in [4.69, 9.17) is 23.8 Å². The number of fused-ring (bicyclic) bond motifs is 1. The number of nitrogens with one attached hydrogen (secondary N) is 3. The quantitative estimate of drug-likeness (QED) is 0.192.